The Hall–Kier alpha value is -1.86. The van der Waals surface area contributed by atoms with Crippen molar-refractivity contribution < 1.29 is 9.72 Å². The lowest BCUT2D eigenvalue weighted by Crippen LogP contribution is -2.51. The van der Waals surface area contributed by atoms with Crippen LogP contribution in [0.2, 0.25) is 5.02 Å². The van der Waals surface area contributed by atoms with Gasteiger partial charge in [-0.25, -0.2) is 0 Å². The molecule has 7 nitrogen and oxygen atoms in total. The summed E-state index contributed by atoms with van der Waals surface area (Å²) in [5.74, 6) is 0.112. The van der Waals surface area contributed by atoms with E-state index in [-0.39, 0.29) is 11.6 Å². The number of aryl methyl sites for hydroxylation is 1. The zero-order chi connectivity index (χ0) is 17.1. The molecule has 1 aliphatic rings. The van der Waals surface area contributed by atoms with Gasteiger partial charge in [0.15, 0.2) is 0 Å². The van der Waals surface area contributed by atoms with Crippen LogP contribution >= 0.6 is 11.6 Å². The first-order valence-electron chi connectivity index (χ1n) is 7.41. The van der Waals surface area contributed by atoms with E-state index in [0.717, 1.165) is 11.3 Å². The van der Waals surface area contributed by atoms with Crippen LogP contribution in [0.1, 0.15) is 5.56 Å². The van der Waals surface area contributed by atoms with Gasteiger partial charge in [0.05, 0.1) is 22.2 Å². The molecule has 8 heteroatoms. The average Bonchev–Trinajstić information content (AvgIpc) is 2.46. The fraction of sp³-hybridized carbons (Fsp3) is 0.533. The molecule has 0 bridgehead atoms. The van der Waals surface area contributed by atoms with Crippen molar-refractivity contribution >= 4 is 28.9 Å². The van der Waals surface area contributed by atoms with E-state index in [2.05, 4.69) is 4.90 Å². The second-order valence-electron chi connectivity index (χ2n) is 5.96. The van der Waals surface area contributed by atoms with Crippen molar-refractivity contribution in [1.82, 2.24) is 9.80 Å². The SMILES string of the molecule is Cc1cc([N+](=O)[O-])cc(Cl)c1N1CCN(C(=O)CN(C)C)CC1. The van der Waals surface area contributed by atoms with Crippen LogP contribution in [-0.4, -0.2) is 67.4 Å². The molecule has 1 heterocycles. The number of nitrogens with zero attached hydrogens (tertiary/aromatic N) is 4. The minimum Gasteiger partial charge on any atom is -0.367 e. The molecule has 1 aliphatic heterocycles. The number of rotatable bonds is 4. The second-order valence-corrected chi connectivity index (χ2v) is 6.36. The highest BCUT2D eigenvalue weighted by Crippen LogP contribution is 2.34. The van der Waals surface area contributed by atoms with Gasteiger partial charge in [0, 0.05) is 38.3 Å². The van der Waals surface area contributed by atoms with Gasteiger partial charge in [0.25, 0.3) is 5.69 Å². The monoisotopic (exact) mass is 340 g/mol. The van der Waals surface area contributed by atoms with Crippen LogP contribution in [0, 0.1) is 17.0 Å². The summed E-state index contributed by atoms with van der Waals surface area (Å²) in [5.41, 5.74) is 1.59. The maximum atomic E-state index is 12.1. The van der Waals surface area contributed by atoms with E-state index in [1.807, 2.05) is 30.8 Å². The molecule has 1 aromatic carbocycles. The van der Waals surface area contributed by atoms with Crippen molar-refractivity contribution in [2.75, 3.05) is 51.7 Å². The average molecular weight is 341 g/mol. The number of anilines is 1. The molecular weight excluding hydrogens is 320 g/mol. The Morgan fingerprint density at radius 1 is 1.30 bits per heavy atom. The van der Waals surface area contributed by atoms with Gasteiger partial charge in [-0.15, -0.1) is 0 Å². The van der Waals surface area contributed by atoms with Crippen molar-refractivity contribution in [3.63, 3.8) is 0 Å². The highest BCUT2D eigenvalue weighted by atomic mass is 35.5. The van der Waals surface area contributed by atoms with Crippen LogP contribution in [0.4, 0.5) is 11.4 Å². The van der Waals surface area contributed by atoms with Crippen molar-refractivity contribution in [3.05, 3.63) is 32.8 Å². The maximum absolute atomic E-state index is 12.1. The first-order chi connectivity index (χ1) is 10.8. The van der Waals surface area contributed by atoms with Crippen LogP contribution in [0.15, 0.2) is 12.1 Å². The number of benzene rings is 1. The number of non-ortho nitro benzene ring substituents is 1. The predicted molar refractivity (Wildman–Crippen MR) is 90.2 cm³/mol. The van der Waals surface area contributed by atoms with Crippen molar-refractivity contribution in [2.24, 2.45) is 0 Å². The number of nitro benzene ring substituents is 1. The summed E-state index contributed by atoms with van der Waals surface area (Å²) in [6.07, 6.45) is 0. The van der Waals surface area contributed by atoms with Crippen LogP contribution in [0.25, 0.3) is 0 Å². The van der Waals surface area contributed by atoms with Gasteiger partial charge in [-0.3, -0.25) is 14.9 Å². The predicted octanol–water partition coefficient (Wildman–Crippen LogP) is 1.77. The van der Waals surface area contributed by atoms with E-state index in [4.69, 9.17) is 11.6 Å². The van der Waals surface area contributed by atoms with Gasteiger partial charge in [0.2, 0.25) is 5.91 Å². The minimum absolute atomic E-state index is 0.00366. The standard InChI is InChI=1S/C15H21ClN4O3/c1-11-8-12(20(22)23)9-13(16)15(11)19-6-4-18(5-7-19)14(21)10-17(2)3/h8-9H,4-7,10H2,1-3H3. The summed E-state index contributed by atoms with van der Waals surface area (Å²) in [6, 6.07) is 2.91. The Morgan fingerprint density at radius 3 is 2.39 bits per heavy atom. The van der Waals surface area contributed by atoms with E-state index in [0.29, 0.717) is 37.7 Å². The molecule has 0 N–H and O–H groups in total. The second kappa shape index (κ2) is 7.14. The van der Waals surface area contributed by atoms with E-state index in [1.54, 1.807) is 0 Å². The normalized spacial score (nSPS) is 15.2. The Kier molecular flexibility index (Phi) is 5.43. The van der Waals surface area contributed by atoms with Gasteiger partial charge in [0.1, 0.15) is 0 Å². The van der Waals surface area contributed by atoms with E-state index < -0.39 is 4.92 Å². The number of amides is 1. The van der Waals surface area contributed by atoms with Gasteiger partial charge < -0.3 is 14.7 Å². The number of carbonyl (C=O) groups excluding carboxylic acids is 1. The largest absolute Gasteiger partial charge is 0.367 e. The Bertz CT molecular complexity index is 590. The number of nitro groups is 1. The molecule has 1 aromatic rings. The summed E-state index contributed by atoms with van der Waals surface area (Å²) in [5, 5.41) is 11.3. The molecule has 23 heavy (non-hydrogen) atoms. The number of likely N-dealkylation sites (N-methyl/N-ethyl adjacent to an activating group) is 1. The number of hydrogen-bond donors (Lipinski definition) is 0. The molecule has 0 radical (unpaired) electrons. The summed E-state index contributed by atoms with van der Waals surface area (Å²) in [4.78, 5) is 28.3. The molecule has 0 aliphatic carbocycles. The highest BCUT2D eigenvalue weighted by molar-refractivity contribution is 6.33. The zero-order valence-corrected chi connectivity index (χ0v) is 14.3. The quantitative estimate of drug-likeness (QED) is 0.617. The smallest absolute Gasteiger partial charge is 0.271 e. The molecule has 0 atom stereocenters. The highest BCUT2D eigenvalue weighted by Gasteiger charge is 2.24. The molecule has 1 saturated heterocycles. The molecule has 0 aromatic heterocycles. The van der Waals surface area contributed by atoms with E-state index in [1.165, 1.54) is 12.1 Å². The lowest BCUT2D eigenvalue weighted by atomic mass is 10.1. The summed E-state index contributed by atoms with van der Waals surface area (Å²) in [6.45, 7) is 4.79. The summed E-state index contributed by atoms with van der Waals surface area (Å²) in [7, 11) is 3.74. The Balaban J connectivity index is 2.08. The third kappa shape index (κ3) is 4.11. The fourth-order valence-corrected chi connectivity index (χ4v) is 3.15. The topological polar surface area (TPSA) is 69.9 Å². The van der Waals surface area contributed by atoms with Crippen LogP contribution < -0.4 is 4.90 Å². The first kappa shape index (κ1) is 17.5. The van der Waals surface area contributed by atoms with Crippen LogP contribution in [0.5, 0.6) is 0 Å². The first-order valence-corrected chi connectivity index (χ1v) is 7.79. The summed E-state index contributed by atoms with van der Waals surface area (Å²) < 4.78 is 0. The number of piperazine rings is 1. The van der Waals surface area contributed by atoms with Crippen LogP contribution in [-0.2, 0) is 4.79 Å². The minimum atomic E-state index is -0.444. The number of halogens is 1. The van der Waals surface area contributed by atoms with Crippen molar-refractivity contribution in [1.29, 1.82) is 0 Å². The zero-order valence-electron chi connectivity index (χ0n) is 13.6. The number of hydrogen-bond acceptors (Lipinski definition) is 5. The fourth-order valence-electron chi connectivity index (χ4n) is 2.77. The molecular formula is C15H21ClN4O3. The Labute approximate surface area is 140 Å². The molecule has 0 saturated carbocycles. The van der Waals surface area contributed by atoms with Gasteiger partial charge in [-0.05, 0) is 26.6 Å². The summed E-state index contributed by atoms with van der Waals surface area (Å²) >= 11 is 6.25. The maximum Gasteiger partial charge on any atom is 0.271 e. The van der Waals surface area contributed by atoms with E-state index >= 15 is 0 Å². The van der Waals surface area contributed by atoms with Crippen LogP contribution in [0.3, 0.4) is 0 Å². The van der Waals surface area contributed by atoms with Gasteiger partial charge >= 0.3 is 0 Å². The van der Waals surface area contributed by atoms with Gasteiger partial charge in [-0.1, -0.05) is 11.6 Å². The molecule has 1 amide bonds. The lowest BCUT2D eigenvalue weighted by molar-refractivity contribution is -0.384. The van der Waals surface area contributed by atoms with Gasteiger partial charge in [-0.2, -0.15) is 0 Å². The van der Waals surface area contributed by atoms with Crippen molar-refractivity contribution in [2.45, 2.75) is 6.92 Å². The molecule has 0 spiro atoms. The molecule has 2 rings (SSSR count). The third-order valence-electron chi connectivity index (χ3n) is 3.85. The lowest BCUT2D eigenvalue weighted by Gasteiger charge is -2.37. The number of carbonyl (C=O) groups is 1. The molecule has 0 unspecified atom stereocenters. The van der Waals surface area contributed by atoms with Crippen molar-refractivity contribution in [3.8, 4) is 0 Å². The Morgan fingerprint density at radius 2 is 1.91 bits per heavy atom. The third-order valence-corrected chi connectivity index (χ3v) is 4.14. The molecule has 126 valence electrons. The van der Waals surface area contributed by atoms with E-state index in [9.17, 15) is 14.9 Å². The molecule has 1 fully saturated rings.